The molecule has 1 heterocycles. The zero-order valence-electron chi connectivity index (χ0n) is 22.7. The van der Waals surface area contributed by atoms with Crippen molar-refractivity contribution in [1.29, 1.82) is 5.41 Å². The van der Waals surface area contributed by atoms with Gasteiger partial charge in [-0.25, -0.2) is 14.4 Å². The van der Waals surface area contributed by atoms with E-state index in [1.807, 2.05) is 0 Å². The molecule has 2 amide bonds. The number of ether oxygens (including phenoxy) is 1. The molecule has 236 valence electrons. The van der Waals surface area contributed by atoms with Crippen molar-refractivity contribution in [3.05, 3.63) is 35.9 Å². The molecular formula is C25H31F3N6O9. The third-order valence-corrected chi connectivity index (χ3v) is 6.23. The van der Waals surface area contributed by atoms with Crippen molar-refractivity contribution in [3.63, 3.8) is 0 Å². The topological polar surface area (TPSA) is 236 Å². The molecule has 0 bridgehead atoms. The number of nitrogens with two attached hydrogens (primary N) is 2. The maximum Gasteiger partial charge on any atom is 0.493 e. The average molecular weight is 617 g/mol. The van der Waals surface area contributed by atoms with Crippen LogP contribution in [-0.2, 0) is 44.8 Å². The van der Waals surface area contributed by atoms with Gasteiger partial charge in [-0.2, -0.15) is 18.2 Å². The van der Waals surface area contributed by atoms with Gasteiger partial charge in [0.25, 0.3) is 5.91 Å². The van der Waals surface area contributed by atoms with E-state index in [1.165, 1.54) is 24.3 Å². The first-order valence-electron chi connectivity index (χ1n) is 12.8. The Morgan fingerprint density at radius 1 is 1.09 bits per heavy atom. The van der Waals surface area contributed by atoms with Gasteiger partial charge in [0.1, 0.15) is 6.04 Å². The lowest BCUT2D eigenvalue weighted by atomic mass is 9.96. The number of carboxylic acid groups (broad SMARTS) is 1. The number of nitrogens with one attached hydrogen (secondary N) is 2. The molecule has 0 radical (unpaired) electrons. The summed E-state index contributed by atoms with van der Waals surface area (Å²) in [5.74, 6) is -10.1. The van der Waals surface area contributed by atoms with Crippen molar-refractivity contribution < 1.29 is 56.6 Å². The molecule has 2 atom stereocenters. The number of hydroxylamine groups is 2. The van der Waals surface area contributed by atoms with E-state index in [4.69, 9.17) is 22.0 Å². The molecule has 7 N–H and O–H groups in total. The predicted molar refractivity (Wildman–Crippen MR) is 138 cm³/mol. The van der Waals surface area contributed by atoms with Crippen LogP contribution in [0.25, 0.3) is 0 Å². The van der Waals surface area contributed by atoms with Gasteiger partial charge in [-0.05, 0) is 18.4 Å². The highest BCUT2D eigenvalue weighted by Gasteiger charge is 2.46. The Kier molecular flexibility index (Phi) is 12.4. The molecule has 1 saturated heterocycles. The van der Waals surface area contributed by atoms with E-state index in [9.17, 15) is 41.9 Å². The Morgan fingerprint density at radius 3 is 2.23 bits per heavy atom. The molecule has 1 aliphatic heterocycles. The van der Waals surface area contributed by atoms with Crippen molar-refractivity contribution in [1.82, 2.24) is 15.3 Å². The molecule has 0 spiro atoms. The number of piperidine rings is 1. The van der Waals surface area contributed by atoms with E-state index in [1.54, 1.807) is 11.0 Å². The number of guanidine groups is 1. The van der Waals surface area contributed by atoms with Gasteiger partial charge in [0.05, 0.1) is 6.42 Å². The first-order valence-corrected chi connectivity index (χ1v) is 12.8. The minimum atomic E-state index is -5.59. The van der Waals surface area contributed by atoms with Gasteiger partial charge in [-0.1, -0.05) is 30.3 Å². The van der Waals surface area contributed by atoms with Crippen LogP contribution in [0.1, 0.15) is 31.2 Å². The highest BCUT2D eigenvalue weighted by molar-refractivity contribution is 5.94. The number of likely N-dealkylation sites (tertiary alicyclic amines) is 1. The first-order chi connectivity index (χ1) is 20.1. The van der Waals surface area contributed by atoms with Crippen molar-refractivity contribution in [2.24, 2.45) is 17.4 Å². The second kappa shape index (κ2) is 15.5. The molecule has 0 saturated carbocycles. The summed E-state index contributed by atoms with van der Waals surface area (Å²) in [5.41, 5.74) is 11.1. The van der Waals surface area contributed by atoms with Crippen LogP contribution in [0.2, 0.25) is 0 Å². The van der Waals surface area contributed by atoms with E-state index in [0.29, 0.717) is 25.9 Å². The number of rotatable bonds is 11. The number of amides is 2. The number of esters is 2. The van der Waals surface area contributed by atoms with Crippen molar-refractivity contribution in [2.45, 2.75) is 50.4 Å². The van der Waals surface area contributed by atoms with Crippen LogP contribution in [0, 0.1) is 11.3 Å². The Morgan fingerprint density at radius 2 is 1.70 bits per heavy atom. The van der Waals surface area contributed by atoms with Gasteiger partial charge in [0.2, 0.25) is 5.91 Å². The molecule has 1 aromatic carbocycles. The summed E-state index contributed by atoms with van der Waals surface area (Å²) < 4.78 is 43.9. The number of carbonyl (C=O) groups excluding carboxylic acids is 5. The van der Waals surface area contributed by atoms with Crippen molar-refractivity contribution in [3.8, 4) is 0 Å². The van der Waals surface area contributed by atoms with Crippen LogP contribution in [-0.4, -0.2) is 94.6 Å². The Labute approximate surface area is 242 Å². The minimum absolute atomic E-state index is 0.146. The highest BCUT2D eigenvalue weighted by atomic mass is 19.4. The summed E-state index contributed by atoms with van der Waals surface area (Å²) in [6, 6.07) is 3.43. The summed E-state index contributed by atoms with van der Waals surface area (Å²) >= 11 is 0. The molecule has 0 unspecified atom stereocenters. The molecule has 43 heavy (non-hydrogen) atoms. The molecule has 15 nitrogen and oxygen atoms in total. The highest BCUT2D eigenvalue weighted by Crippen LogP contribution is 2.21. The number of hydrogen-bond acceptors (Lipinski definition) is 10. The van der Waals surface area contributed by atoms with E-state index >= 15 is 0 Å². The maximum atomic E-state index is 13.1. The largest absolute Gasteiger partial charge is 0.493 e. The van der Waals surface area contributed by atoms with Gasteiger partial charge < -0.3 is 36.4 Å². The van der Waals surface area contributed by atoms with E-state index in [-0.39, 0.29) is 16.6 Å². The standard InChI is InChI=1S/C25H31F3N6O9/c26-25(27,28)23(41)43-34(18(35)6-9-32-20(38)15-7-10-33(11-8-15)24(30)31)17(12-14-4-2-1-3-5-14)22(40)42-21(39)16(29)13-19(36)37/h1-5,15-17H,6-13,29H2,(H3,30,31)(H,32,38)(H,36,37)/t16-,17-/m0/s1. The van der Waals surface area contributed by atoms with E-state index < -0.39 is 85.7 Å². The monoisotopic (exact) mass is 616 g/mol. The Hall–Kier alpha value is -4.74. The van der Waals surface area contributed by atoms with E-state index in [2.05, 4.69) is 14.9 Å². The number of benzene rings is 1. The Bertz CT molecular complexity index is 1210. The summed E-state index contributed by atoms with van der Waals surface area (Å²) in [7, 11) is 0. The Balaban J connectivity index is 2.24. The number of nitrogens with zero attached hydrogens (tertiary/aromatic N) is 2. The summed E-state index contributed by atoms with van der Waals surface area (Å²) in [6.45, 7) is 0.247. The van der Waals surface area contributed by atoms with Gasteiger partial charge in [-0.3, -0.25) is 19.8 Å². The number of halogens is 3. The summed E-state index contributed by atoms with van der Waals surface area (Å²) in [6.07, 6.45) is -7.19. The normalized spacial score (nSPS) is 15.0. The second-order valence-corrected chi connectivity index (χ2v) is 9.43. The van der Waals surface area contributed by atoms with Crippen LogP contribution >= 0.6 is 0 Å². The molecule has 2 rings (SSSR count). The number of carboxylic acids is 1. The summed E-state index contributed by atoms with van der Waals surface area (Å²) in [5, 5.41) is 18.5. The minimum Gasteiger partial charge on any atom is -0.481 e. The van der Waals surface area contributed by atoms with Gasteiger partial charge >= 0.3 is 30.1 Å². The fourth-order valence-electron chi connectivity index (χ4n) is 3.97. The fraction of sp³-hybridized carbons (Fsp3) is 0.480. The average Bonchev–Trinajstić information content (AvgIpc) is 2.94. The quantitative estimate of drug-likeness (QED) is 0.0691. The molecule has 18 heteroatoms. The van der Waals surface area contributed by atoms with Crippen LogP contribution in [0.4, 0.5) is 13.2 Å². The van der Waals surface area contributed by atoms with Crippen LogP contribution in [0.5, 0.6) is 0 Å². The molecule has 0 aliphatic carbocycles. The van der Waals surface area contributed by atoms with Crippen LogP contribution in [0.15, 0.2) is 30.3 Å². The van der Waals surface area contributed by atoms with Crippen molar-refractivity contribution in [2.75, 3.05) is 19.6 Å². The third kappa shape index (κ3) is 10.9. The zero-order chi connectivity index (χ0) is 32.3. The molecule has 1 aromatic rings. The van der Waals surface area contributed by atoms with Crippen LogP contribution < -0.4 is 16.8 Å². The third-order valence-electron chi connectivity index (χ3n) is 6.23. The molecule has 1 aliphatic rings. The number of carbonyl (C=O) groups is 6. The molecular weight excluding hydrogens is 585 g/mol. The smallest absolute Gasteiger partial charge is 0.481 e. The predicted octanol–water partition coefficient (Wildman–Crippen LogP) is -0.570. The van der Waals surface area contributed by atoms with Crippen molar-refractivity contribution >= 4 is 41.7 Å². The zero-order valence-corrected chi connectivity index (χ0v) is 22.7. The number of hydrogen-bond donors (Lipinski definition) is 5. The number of aliphatic carboxylic acids is 1. The molecule has 0 aromatic heterocycles. The van der Waals surface area contributed by atoms with Crippen LogP contribution in [0.3, 0.4) is 0 Å². The lowest BCUT2D eigenvalue weighted by Gasteiger charge is -2.31. The lowest BCUT2D eigenvalue weighted by molar-refractivity contribution is -0.244. The first kappa shape index (κ1) is 34.5. The second-order valence-electron chi connectivity index (χ2n) is 9.43. The number of alkyl halides is 3. The lowest BCUT2D eigenvalue weighted by Crippen LogP contribution is -2.51. The fourth-order valence-corrected chi connectivity index (χ4v) is 3.97. The van der Waals surface area contributed by atoms with Gasteiger partial charge in [0, 0.05) is 38.4 Å². The van der Waals surface area contributed by atoms with Gasteiger partial charge in [-0.15, -0.1) is 0 Å². The van der Waals surface area contributed by atoms with E-state index in [0.717, 1.165) is 0 Å². The summed E-state index contributed by atoms with van der Waals surface area (Å²) in [4.78, 5) is 79.2. The van der Waals surface area contributed by atoms with Gasteiger partial charge in [0.15, 0.2) is 12.0 Å². The molecule has 1 fully saturated rings. The SMILES string of the molecule is N=C(N)N1CCC(C(=O)NCCC(=O)N(OC(=O)C(F)(F)F)[C@@H](Cc2ccccc2)C(=O)OC(=O)[C@@H](N)CC(=O)O)CC1. The maximum absolute atomic E-state index is 13.1.